The van der Waals surface area contributed by atoms with Crippen LogP contribution in [0, 0.1) is 20.8 Å². The highest BCUT2D eigenvalue weighted by Gasteiger charge is 2.16. The van der Waals surface area contributed by atoms with E-state index >= 15 is 0 Å². The SMILES string of the molecule is Cc1ccc(-c2nc(C)c(COC(=O)Nc3ccc4c(c3)nc3n4CCOC3)s2)c(C)c1. The first-order valence-corrected chi connectivity index (χ1v) is 11.3. The molecule has 3 heterocycles. The number of hydrogen-bond acceptors (Lipinski definition) is 6. The van der Waals surface area contributed by atoms with Gasteiger partial charge in [0, 0.05) is 17.8 Å². The van der Waals surface area contributed by atoms with Gasteiger partial charge < -0.3 is 14.0 Å². The number of carbonyl (C=O) groups is 1. The molecule has 8 heteroatoms. The number of benzene rings is 2. The van der Waals surface area contributed by atoms with E-state index in [-0.39, 0.29) is 6.61 Å². The van der Waals surface area contributed by atoms with Crippen LogP contribution in [-0.4, -0.2) is 27.2 Å². The first-order chi connectivity index (χ1) is 15.5. The van der Waals surface area contributed by atoms with Crippen LogP contribution in [0.1, 0.15) is 27.5 Å². The number of hydrogen-bond donors (Lipinski definition) is 1. The highest BCUT2D eigenvalue weighted by molar-refractivity contribution is 7.15. The van der Waals surface area contributed by atoms with Crippen molar-refractivity contribution in [1.82, 2.24) is 14.5 Å². The van der Waals surface area contributed by atoms with Crippen LogP contribution in [0.2, 0.25) is 0 Å². The van der Waals surface area contributed by atoms with Gasteiger partial charge in [0.05, 0.1) is 28.2 Å². The van der Waals surface area contributed by atoms with Crippen molar-refractivity contribution in [3.63, 3.8) is 0 Å². The first kappa shape index (κ1) is 20.7. The van der Waals surface area contributed by atoms with Crippen LogP contribution in [0.15, 0.2) is 36.4 Å². The Bertz CT molecular complexity index is 1320. The molecule has 0 unspecified atom stereocenters. The number of fused-ring (bicyclic) bond motifs is 3. The van der Waals surface area contributed by atoms with Gasteiger partial charge in [0.2, 0.25) is 0 Å². The highest BCUT2D eigenvalue weighted by Crippen LogP contribution is 2.31. The van der Waals surface area contributed by atoms with Crippen molar-refractivity contribution < 1.29 is 14.3 Å². The molecule has 1 amide bonds. The molecule has 7 nitrogen and oxygen atoms in total. The summed E-state index contributed by atoms with van der Waals surface area (Å²) in [5.74, 6) is 0.909. The molecular weight excluding hydrogens is 424 g/mol. The minimum atomic E-state index is -0.502. The maximum absolute atomic E-state index is 12.4. The lowest BCUT2D eigenvalue weighted by Crippen LogP contribution is -2.16. The van der Waals surface area contributed by atoms with Crippen LogP contribution in [0.3, 0.4) is 0 Å². The Balaban J connectivity index is 1.26. The largest absolute Gasteiger partial charge is 0.444 e. The van der Waals surface area contributed by atoms with E-state index < -0.39 is 6.09 Å². The Morgan fingerprint density at radius 3 is 2.91 bits per heavy atom. The Hall–Kier alpha value is -3.23. The minimum Gasteiger partial charge on any atom is -0.444 e. The zero-order chi connectivity index (χ0) is 22.2. The Kier molecular flexibility index (Phi) is 5.40. The second-order valence-corrected chi connectivity index (χ2v) is 9.07. The minimum absolute atomic E-state index is 0.179. The number of rotatable bonds is 4. The molecule has 0 radical (unpaired) electrons. The van der Waals surface area contributed by atoms with E-state index in [0.29, 0.717) is 18.9 Å². The lowest BCUT2D eigenvalue weighted by molar-refractivity contribution is 0.0830. The van der Waals surface area contributed by atoms with E-state index in [4.69, 9.17) is 9.47 Å². The highest BCUT2D eigenvalue weighted by atomic mass is 32.1. The summed E-state index contributed by atoms with van der Waals surface area (Å²) in [5.41, 5.74) is 6.93. The van der Waals surface area contributed by atoms with E-state index in [1.807, 2.05) is 25.1 Å². The van der Waals surface area contributed by atoms with Gasteiger partial charge in [-0.15, -0.1) is 11.3 Å². The van der Waals surface area contributed by atoms with Gasteiger partial charge in [0.25, 0.3) is 0 Å². The quantitative estimate of drug-likeness (QED) is 0.454. The van der Waals surface area contributed by atoms with Crippen molar-refractivity contribution in [2.24, 2.45) is 0 Å². The summed E-state index contributed by atoms with van der Waals surface area (Å²) in [5, 5.41) is 3.74. The van der Waals surface area contributed by atoms with Gasteiger partial charge in [-0.1, -0.05) is 23.8 Å². The number of aryl methyl sites for hydroxylation is 3. The third-order valence-corrected chi connectivity index (χ3v) is 6.77. The zero-order valence-corrected chi connectivity index (χ0v) is 19.1. The lowest BCUT2D eigenvalue weighted by Gasteiger charge is -2.14. The molecule has 1 aliphatic heterocycles. The van der Waals surface area contributed by atoms with Gasteiger partial charge >= 0.3 is 6.09 Å². The number of thiazole rings is 1. The van der Waals surface area contributed by atoms with E-state index in [1.54, 1.807) is 11.3 Å². The predicted molar refractivity (Wildman–Crippen MR) is 125 cm³/mol. The van der Waals surface area contributed by atoms with Crippen molar-refractivity contribution >= 4 is 34.2 Å². The normalized spacial score (nSPS) is 13.2. The molecule has 164 valence electrons. The van der Waals surface area contributed by atoms with Crippen molar-refractivity contribution in [2.75, 3.05) is 11.9 Å². The fourth-order valence-electron chi connectivity index (χ4n) is 3.95. The average Bonchev–Trinajstić information content (AvgIpc) is 3.31. The summed E-state index contributed by atoms with van der Waals surface area (Å²) in [6, 6.07) is 12.0. The molecule has 0 fully saturated rings. The van der Waals surface area contributed by atoms with Crippen molar-refractivity contribution in [1.29, 1.82) is 0 Å². The molecule has 5 rings (SSSR count). The molecule has 4 aromatic rings. The maximum atomic E-state index is 12.4. The van der Waals surface area contributed by atoms with Gasteiger partial charge in [-0.3, -0.25) is 5.32 Å². The summed E-state index contributed by atoms with van der Waals surface area (Å²) in [6.45, 7) is 8.28. The molecule has 1 N–H and O–H groups in total. The Morgan fingerprint density at radius 1 is 1.19 bits per heavy atom. The number of nitrogens with zero attached hydrogens (tertiary/aromatic N) is 3. The molecule has 0 atom stereocenters. The summed E-state index contributed by atoms with van der Waals surface area (Å²) in [6.07, 6.45) is -0.502. The summed E-state index contributed by atoms with van der Waals surface area (Å²) >= 11 is 1.56. The maximum Gasteiger partial charge on any atom is 0.411 e. The van der Waals surface area contributed by atoms with Crippen LogP contribution >= 0.6 is 11.3 Å². The predicted octanol–water partition coefficient (Wildman–Crippen LogP) is 5.36. The molecule has 1 aliphatic rings. The number of nitrogens with one attached hydrogen (secondary N) is 1. The summed E-state index contributed by atoms with van der Waals surface area (Å²) in [7, 11) is 0. The molecule has 0 saturated carbocycles. The number of imidazole rings is 1. The van der Waals surface area contributed by atoms with Gasteiger partial charge in [0.15, 0.2) is 0 Å². The van der Waals surface area contributed by atoms with E-state index in [2.05, 4.69) is 51.9 Å². The second kappa shape index (κ2) is 8.37. The van der Waals surface area contributed by atoms with Crippen LogP contribution in [-0.2, 0) is 29.2 Å². The monoisotopic (exact) mass is 448 g/mol. The van der Waals surface area contributed by atoms with Gasteiger partial charge in [-0.25, -0.2) is 14.8 Å². The van der Waals surface area contributed by atoms with E-state index in [1.165, 1.54) is 11.1 Å². The van der Waals surface area contributed by atoms with Crippen LogP contribution < -0.4 is 5.32 Å². The Morgan fingerprint density at radius 2 is 2.06 bits per heavy atom. The molecule has 0 bridgehead atoms. The van der Waals surface area contributed by atoms with Crippen LogP contribution in [0.4, 0.5) is 10.5 Å². The first-order valence-electron chi connectivity index (χ1n) is 10.5. The van der Waals surface area contributed by atoms with E-state index in [0.717, 1.165) is 44.5 Å². The average molecular weight is 449 g/mol. The number of ether oxygens (including phenoxy) is 2. The fourth-order valence-corrected chi connectivity index (χ4v) is 5.02. The third-order valence-electron chi connectivity index (χ3n) is 5.60. The third kappa shape index (κ3) is 3.99. The topological polar surface area (TPSA) is 78.3 Å². The molecular formula is C24H24N4O3S. The number of anilines is 1. The number of amides is 1. The van der Waals surface area contributed by atoms with Crippen LogP contribution in [0.25, 0.3) is 21.6 Å². The molecule has 0 aliphatic carbocycles. The Labute approximate surface area is 190 Å². The molecule has 32 heavy (non-hydrogen) atoms. The molecule has 0 spiro atoms. The molecule has 0 saturated heterocycles. The van der Waals surface area contributed by atoms with Gasteiger partial charge in [-0.2, -0.15) is 0 Å². The van der Waals surface area contributed by atoms with Gasteiger partial charge in [-0.05, 0) is 44.5 Å². The number of aromatic nitrogens is 3. The second-order valence-electron chi connectivity index (χ2n) is 7.98. The van der Waals surface area contributed by atoms with E-state index in [9.17, 15) is 4.79 Å². The van der Waals surface area contributed by atoms with Crippen molar-refractivity contribution in [3.8, 4) is 10.6 Å². The zero-order valence-electron chi connectivity index (χ0n) is 18.3. The van der Waals surface area contributed by atoms with Gasteiger partial charge in [0.1, 0.15) is 24.0 Å². The smallest absolute Gasteiger partial charge is 0.411 e. The molecule has 2 aromatic carbocycles. The lowest BCUT2D eigenvalue weighted by atomic mass is 10.1. The summed E-state index contributed by atoms with van der Waals surface area (Å²) in [4.78, 5) is 22.6. The van der Waals surface area contributed by atoms with Crippen molar-refractivity contribution in [2.45, 2.75) is 40.5 Å². The molecule has 2 aromatic heterocycles. The van der Waals surface area contributed by atoms with Crippen LogP contribution in [0.5, 0.6) is 0 Å². The fraction of sp³-hybridized carbons (Fsp3) is 0.292. The summed E-state index contributed by atoms with van der Waals surface area (Å²) < 4.78 is 13.1. The van der Waals surface area contributed by atoms with Crippen molar-refractivity contribution in [3.05, 3.63) is 63.9 Å². The standard InChI is InChI=1S/C24H24N4O3S/c1-14-4-6-18(15(2)10-14)23-25-16(3)21(32-23)12-31-24(29)26-17-5-7-20-19(11-17)27-22-13-30-9-8-28(20)22/h4-7,10-11H,8-9,12-13H2,1-3H3,(H,26,29). The number of carbonyl (C=O) groups excluding carboxylic acids is 1.